The number of nitrogens with zero attached hydrogens (tertiary/aromatic N) is 2. The number of aromatic hydroxyl groups is 2. The summed E-state index contributed by atoms with van der Waals surface area (Å²) >= 11 is 5.39. The second kappa shape index (κ2) is 6.67. The maximum absolute atomic E-state index is 10.2. The smallest absolute Gasteiger partial charge is 0.200 e. The molecule has 0 unspecified atom stereocenters. The lowest BCUT2D eigenvalue weighted by Crippen LogP contribution is -2.01. The number of allylic oxidation sites excluding steroid dienone is 1. The fraction of sp³-hybridized carbons (Fsp3) is 0.0526. The topological polar surface area (TPSA) is 74.1 Å². The van der Waals surface area contributed by atoms with E-state index in [1.54, 1.807) is 16.7 Å². The highest BCUT2D eigenvalue weighted by molar-refractivity contribution is 7.71. The number of terminal acetylenes is 1. The van der Waals surface area contributed by atoms with E-state index in [9.17, 15) is 10.2 Å². The third-order valence-corrected chi connectivity index (χ3v) is 4.06. The predicted molar refractivity (Wildman–Crippen MR) is 100 cm³/mol. The molecule has 5 nitrogen and oxygen atoms in total. The highest BCUT2D eigenvalue weighted by atomic mass is 32.1. The zero-order chi connectivity index (χ0) is 18.0. The maximum atomic E-state index is 10.2. The van der Waals surface area contributed by atoms with E-state index in [2.05, 4.69) is 16.1 Å². The van der Waals surface area contributed by atoms with Gasteiger partial charge in [-0.2, -0.15) is 5.10 Å². The van der Waals surface area contributed by atoms with Gasteiger partial charge in [-0.25, -0.2) is 0 Å². The van der Waals surface area contributed by atoms with E-state index in [1.165, 1.54) is 12.1 Å². The number of phenolic OH excluding ortho intramolecular Hbond substituents is 2. The standard InChI is InChI=1S/C19H15N3O2S/c1-3-4-7-14-12(2)6-5-8-16(14)22-18(20-21-19(22)25)15-10-9-13(23)11-17(15)24/h1,4-11,23-24H,2H3,(H,21,25)/b7-4-. The van der Waals surface area contributed by atoms with Crippen LogP contribution in [0.3, 0.4) is 0 Å². The van der Waals surface area contributed by atoms with Crippen LogP contribution in [0.1, 0.15) is 11.1 Å². The van der Waals surface area contributed by atoms with Gasteiger partial charge < -0.3 is 10.2 Å². The summed E-state index contributed by atoms with van der Waals surface area (Å²) in [6, 6.07) is 10.1. The minimum Gasteiger partial charge on any atom is -0.508 e. The molecule has 25 heavy (non-hydrogen) atoms. The number of aromatic amines is 1. The summed E-state index contributed by atoms with van der Waals surface area (Å²) in [5, 5.41) is 26.7. The van der Waals surface area contributed by atoms with Gasteiger partial charge in [0.1, 0.15) is 11.5 Å². The Morgan fingerprint density at radius 3 is 2.80 bits per heavy atom. The molecule has 124 valence electrons. The Bertz CT molecular complexity index is 1070. The summed E-state index contributed by atoms with van der Waals surface area (Å²) in [6.45, 7) is 1.97. The monoisotopic (exact) mass is 349 g/mol. The maximum Gasteiger partial charge on any atom is 0.200 e. The zero-order valence-corrected chi connectivity index (χ0v) is 14.2. The first kappa shape index (κ1) is 16.6. The summed E-state index contributed by atoms with van der Waals surface area (Å²) in [5.41, 5.74) is 3.15. The first-order valence-electron chi connectivity index (χ1n) is 7.45. The molecule has 6 heteroatoms. The zero-order valence-electron chi connectivity index (χ0n) is 13.4. The third kappa shape index (κ3) is 3.05. The van der Waals surface area contributed by atoms with Gasteiger partial charge in [0.15, 0.2) is 10.6 Å². The van der Waals surface area contributed by atoms with Gasteiger partial charge in [-0.05, 0) is 55.1 Å². The Kier molecular flexibility index (Phi) is 4.42. The molecule has 0 aliphatic carbocycles. The molecule has 1 heterocycles. The van der Waals surface area contributed by atoms with E-state index in [4.69, 9.17) is 18.6 Å². The summed E-state index contributed by atoms with van der Waals surface area (Å²) in [7, 11) is 0. The van der Waals surface area contributed by atoms with Crippen LogP contribution in [0.4, 0.5) is 0 Å². The van der Waals surface area contributed by atoms with Gasteiger partial charge in [0, 0.05) is 11.6 Å². The van der Waals surface area contributed by atoms with Crippen LogP contribution < -0.4 is 0 Å². The predicted octanol–water partition coefficient (Wildman–Crippen LogP) is 3.96. The number of H-pyrrole nitrogens is 1. The van der Waals surface area contributed by atoms with Crippen LogP contribution in [0.25, 0.3) is 23.2 Å². The molecule has 0 amide bonds. The lowest BCUT2D eigenvalue weighted by molar-refractivity contribution is 0.451. The van der Waals surface area contributed by atoms with Crippen molar-refractivity contribution in [2.45, 2.75) is 6.92 Å². The molecule has 0 atom stereocenters. The van der Waals surface area contributed by atoms with E-state index >= 15 is 0 Å². The molecular formula is C19H15N3O2S. The molecule has 0 aliphatic rings. The number of aromatic nitrogens is 3. The van der Waals surface area contributed by atoms with Gasteiger partial charge >= 0.3 is 0 Å². The van der Waals surface area contributed by atoms with Crippen molar-refractivity contribution in [3.63, 3.8) is 0 Å². The second-order valence-electron chi connectivity index (χ2n) is 5.40. The minimum atomic E-state index is -0.0939. The Hall–Kier alpha value is -3.30. The first-order chi connectivity index (χ1) is 12.0. The highest BCUT2D eigenvalue weighted by Crippen LogP contribution is 2.33. The number of phenols is 2. The Labute approximate surface area is 149 Å². The van der Waals surface area contributed by atoms with Crippen LogP contribution >= 0.6 is 12.2 Å². The summed E-state index contributed by atoms with van der Waals surface area (Å²) in [4.78, 5) is 0. The van der Waals surface area contributed by atoms with Gasteiger partial charge in [0.2, 0.25) is 0 Å². The second-order valence-corrected chi connectivity index (χ2v) is 5.78. The van der Waals surface area contributed by atoms with Gasteiger partial charge in [-0.15, -0.1) is 6.42 Å². The van der Waals surface area contributed by atoms with Crippen LogP contribution in [-0.4, -0.2) is 25.0 Å². The lowest BCUT2D eigenvalue weighted by atomic mass is 10.1. The number of rotatable bonds is 3. The van der Waals surface area contributed by atoms with E-state index in [0.29, 0.717) is 16.2 Å². The van der Waals surface area contributed by atoms with Crippen LogP contribution in [-0.2, 0) is 0 Å². The van der Waals surface area contributed by atoms with Crippen LogP contribution in [0.15, 0.2) is 42.5 Å². The summed E-state index contributed by atoms with van der Waals surface area (Å²) < 4.78 is 2.10. The van der Waals surface area contributed by atoms with Crippen LogP contribution in [0.5, 0.6) is 11.5 Å². The SMILES string of the molecule is C#C/C=C\c1c(C)cccc1-n1c(-c2ccc(O)cc2O)n[nH]c1=S. The average Bonchev–Trinajstić information content (AvgIpc) is 2.95. The fourth-order valence-corrected chi connectivity index (χ4v) is 2.85. The largest absolute Gasteiger partial charge is 0.508 e. The molecule has 0 spiro atoms. The molecular weight excluding hydrogens is 334 g/mol. The number of hydrogen-bond donors (Lipinski definition) is 3. The minimum absolute atomic E-state index is 0.0323. The van der Waals surface area contributed by atoms with Gasteiger partial charge in [0.05, 0.1) is 11.3 Å². The molecule has 0 radical (unpaired) electrons. The fourth-order valence-electron chi connectivity index (χ4n) is 2.62. The van der Waals surface area contributed by atoms with E-state index in [1.807, 2.05) is 31.2 Å². The Morgan fingerprint density at radius 1 is 1.28 bits per heavy atom. The Balaban J connectivity index is 2.30. The molecule has 0 saturated carbocycles. The van der Waals surface area contributed by atoms with Crippen molar-refractivity contribution < 1.29 is 10.2 Å². The van der Waals surface area contributed by atoms with Crippen LogP contribution in [0, 0.1) is 24.0 Å². The number of benzene rings is 2. The van der Waals surface area contributed by atoms with Gasteiger partial charge in [-0.1, -0.05) is 18.1 Å². The van der Waals surface area contributed by atoms with Gasteiger partial charge in [0.25, 0.3) is 0 Å². The highest BCUT2D eigenvalue weighted by Gasteiger charge is 2.17. The van der Waals surface area contributed by atoms with Crippen molar-refractivity contribution in [2.75, 3.05) is 0 Å². The molecule has 3 aromatic rings. The van der Waals surface area contributed by atoms with Crippen LogP contribution in [0.2, 0.25) is 0 Å². The summed E-state index contributed by atoms with van der Waals surface area (Å²) in [5.74, 6) is 2.79. The third-order valence-electron chi connectivity index (χ3n) is 3.78. The molecule has 1 aromatic heterocycles. The van der Waals surface area contributed by atoms with E-state index in [-0.39, 0.29) is 11.5 Å². The average molecular weight is 349 g/mol. The van der Waals surface area contributed by atoms with Crippen molar-refractivity contribution in [3.05, 3.63) is 58.4 Å². The van der Waals surface area contributed by atoms with Crippen molar-refractivity contribution in [1.29, 1.82) is 0 Å². The lowest BCUT2D eigenvalue weighted by Gasteiger charge is -2.13. The molecule has 3 N–H and O–H groups in total. The quantitative estimate of drug-likeness (QED) is 0.494. The number of hydrogen-bond acceptors (Lipinski definition) is 4. The molecule has 3 rings (SSSR count). The molecule has 0 aliphatic heterocycles. The van der Waals surface area contributed by atoms with Crippen molar-refractivity contribution >= 4 is 18.3 Å². The normalized spacial score (nSPS) is 10.9. The van der Waals surface area contributed by atoms with Crippen molar-refractivity contribution in [3.8, 4) is 40.9 Å². The molecule has 0 bridgehead atoms. The van der Waals surface area contributed by atoms with E-state index < -0.39 is 0 Å². The van der Waals surface area contributed by atoms with Crippen molar-refractivity contribution in [1.82, 2.24) is 14.8 Å². The Morgan fingerprint density at radius 2 is 2.08 bits per heavy atom. The van der Waals surface area contributed by atoms with Crippen molar-refractivity contribution in [2.24, 2.45) is 0 Å². The molecule has 0 saturated heterocycles. The summed E-state index contributed by atoms with van der Waals surface area (Å²) in [6.07, 6.45) is 8.79. The van der Waals surface area contributed by atoms with E-state index in [0.717, 1.165) is 16.8 Å². The number of aryl methyl sites for hydroxylation is 1. The number of nitrogens with one attached hydrogen (secondary N) is 1. The van der Waals surface area contributed by atoms with Gasteiger partial charge in [-0.3, -0.25) is 9.67 Å². The molecule has 2 aromatic carbocycles. The first-order valence-corrected chi connectivity index (χ1v) is 7.86. The molecule has 0 fully saturated rings.